The van der Waals surface area contributed by atoms with Crippen LogP contribution in [0.1, 0.15) is 44.2 Å². The molecule has 0 spiro atoms. The van der Waals surface area contributed by atoms with Crippen molar-refractivity contribution in [3.63, 3.8) is 0 Å². The molecule has 0 heterocycles. The largest absolute Gasteiger partial charge is 0.482 e. The van der Waals surface area contributed by atoms with Crippen molar-refractivity contribution in [3.8, 4) is 5.75 Å². The van der Waals surface area contributed by atoms with Gasteiger partial charge in [0.15, 0.2) is 13.2 Å². The molecule has 3 amide bonds. The number of benzene rings is 1. The maximum Gasteiger partial charge on any atom is 0.344 e. The maximum absolute atomic E-state index is 11.6. The van der Waals surface area contributed by atoms with E-state index in [0.29, 0.717) is 18.2 Å². The standard InChI is InChI=1S/C18H26N2O5/c1-5-8-19-18(23)20-16(21)10-25-17(22)11-24-14-6-7-15(12(2)3)13(4)9-14/h6-7,9,12H,5,8,10-11H2,1-4H3,(H2,19,20,21,23). The summed E-state index contributed by atoms with van der Waals surface area (Å²) < 4.78 is 10.1. The molecular weight excluding hydrogens is 324 g/mol. The van der Waals surface area contributed by atoms with Crippen LogP contribution in [0.3, 0.4) is 0 Å². The van der Waals surface area contributed by atoms with E-state index in [4.69, 9.17) is 9.47 Å². The van der Waals surface area contributed by atoms with Gasteiger partial charge in [-0.1, -0.05) is 26.8 Å². The van der Waals surface area contributed by atoms with E-state index in [2.05, 4.69) is 24.5 Å². The summed E-state index contributed by atoms with van der Waals surface area (Å²) in [5.74, 6) is -0.414. The number of amides is 3. The summed E-state index contributed by atoms with van der Waals surface area (Å²) in [6, 6.07) is 5.00. The summed E-state index contributed by atoms with van der Waals surface area (Å²) in [4.78, 5) is 34.3. The second-order valence-corrected chi connectivity index (χ2v) is 5.93. The van der Waals surface area contributed by atoms with Gasteiger partial charge in [0.05, 0.1) is 0 Å². The van der Waals surface area contributed by atoms with Crippen LogP contribution in [-0.4, -0.2) is 37.7 Å². The fraction of sp³-hybridized carbons (Fsp3) is 0.500. The van der Waals surface area contributed by atoms with Gasteiger partial charge in [-0.25, -0.2) is 9.59 Å². The van der Waals surface area contributed by atoms with E-state index >= 15 is 0 Å². The molecule has 0 unspecified atom stereocenters. The zero-order valence-electron chi connectivity index (χ0n) is 15.2. The Kier molecular flexibility index (Phi) is 8.46. The van der Waals surface area contributed by atoms with Crippen molar-refractivity contribution in [2.75, 3.05) is 19.8 Å². The van der Waals surface area contributed by atoms with Crippen LogP contribution in [0.2, 0.25) is 0 Å². The topological polar surface area (TPSA) is 93.7 Å². The zero-order chi connectivity index (χ0) is 18.8. The van der Waals surface area contributed by atoms with E-state index in [1.54, 1.807) is 6.07 Å². The van der Waals surface area contributed by atoms with Crippen molar-refractivity contribution >= 4 is 17.9 Å². The first-order valence-electron chi connectivity index (χ1n) is 8.30. The Bertz CT molecular complexity index is 613. The lowest BCUT2D eigenvalue weighted by atomic mass is 9.98. The maximum atomic E-state index is 11.6. The molecule has 0 aliphatic rings. The smallest absolute Gasteiger partial charge is 0.344 e. The highest BCUT2D eigenvalue weighted by atomic mass is 16.6. The molecule has 25 heavy (non-hydrogen) atoms. The summed E-state index contributed by atoms with van der Waals surface area (Å²) in [6.45, 7) is 7.70. The Balaban J connectivity index is 2.34. The van der Waals surface area contributed by atoms with Gasteiger partial charge in [-0.05, 0) is 42.5 Å². The molecular formula is C18H26N2O5. The molecule has 7 heteroatoms. The predicted molar refractivity (Wildman–Crippen MR) is 93.6 cm³/mol. The second kappa shape index (κ2) is 10.3. The average Bonchev–Trinajstić information content (AvgIpc) is 2.56. The summed E-state index contributed by atoms with van der Waals surface area (Å²) in [5.41, 5.74) is 2.30. The van der Waals surface area contributed by atoms with Gasteiger partial charge in [0.1, 0.15) is 5.75 Å². The molecule has 0 aliphatic carbocycles. The van der Waals surface area contributed by atoms with E-state index in [-0.39, 0.29) is 6.61 Å². The number of carbonyl (C=O) groups excluding carboxylic acids is 3. The summed E-state index contributed by atoms with van der Waals surface area (Å²) in [6.07, 6.45) is 0.756. The van der Waals surface area contributed by atoms with Crippen LogP contribution in [0.15, 0.2) is 18.2 Å². The average molecular weight is 350 g/mol. The van der Waals surface area contributed by atoms with Gasteiger partial charge < -0.3 is 14.8 Å². The Morgan fingerprint density at radius 3 is 2.48 bits per heavy atom. The SMILES string of the molecule is CCCNC(=O)NC(=O)COC(=O)COc1ccc(C(C)C)c(C)c1. The number of ether oxygens (including phenoxy) is 2. The normalized spacial score (nSPS) is 10.3. The van der Waals surface area contributed by atoms with E-state index in [9.17, 15) is 14.4 Å². The first-order chi connectivity index (χ1) is 11.8. The lowest BCUT2D eigenvalue weighted by molar-refractivity contribution is -0.150. The summed E-state index contributed by atoms with van der Waals surface area (Å²) in [5, 5.41) is 4.54. The van der Waals surface area contributed by atoms with Crippen LogP contribution in [0.5, 0.6) is 5.75 Å². The number of rotatable bonds is 8. The fourth-order valence-corrected chi connectivity index (χ4v) is 2.16. The van der Waals surface area contributed by atoms with Crippen molar-refractivity contribution in [2.45, 2.75) is 40.0 Å². The fourth-order valence-electron chi connectivity index (χ4n) is 2.16. The first-order valence-corrected chi connectivity index (χ1v) is 8.30. The van der Waals surface area contributed by atoms with E-state index in [0.717, 1.165) is 12.0 Å². The van der Waals surface area contributed by atoms with E-state index in [1.165, 1.54) is 5.56 Å². The predicted octanol–water partition coefficient (Wildman–Crippen LogP) is 2.28. The molecule has 0 aliphatic heterocycles. The summed E-state index contributed by atoms with van der Waals surface area (Å²) in [7, 11) is 0. The third-order valence-electron chi connectivity index (χ3n) is 3.37. The van der Waals surface area contributed by atoms with Gasteiger partial charge in [-0.15, -0.1) is 0 Å². The molecule has 138 valence electrons. The lowest BCUT2D eigenvalue weighted by Crippen LogP contribution is -2.41. The van der Waals surface area contributed by atoms with Gasteiger partial charge in [-0.3, -0.25) is 10.1 Å². The van der Waals surface area contributed by atoms with Crippen LogP contribution < -0.4 is 15.4 Å². The van der Waals surface area contributed by atoms with Crippen molar-refractivity contribution in [1.29, 1.82) is 0 Å². The van der Waals surface area contributed by atoms with E-state index < -0.39 is 24.5 Å². The second-order valence-electron chi connectivity index (χ2n) is 5.93. The van der Waals surface area contributed by atoms with Crippen LogP contribution >= 0.6 is 0 Å². The van der Waals surface area contributed by atoms with Crippen LogP contribution in [0, 0.1) is 6.92 Å². The highest BCUT2D eigenvalue weighted by molar-refractivity contribution is 5.95. The number of hydrogen-bond acceptors (Lipinski definition) is 5. The number of esters is 1. The molecule has 0 atom stereocenters. The third-order valence-corrected chi connectivity index (χ3v) is 3.37. The minimum Gasteiger partial charge on any atom is -0.482 e. The summed E-state index contributed by atoms with van der Waals surface area (Å²) >= 11 is 0. The highest BCUT2D eigenvalue weighted by Crippen LogP contribution is 2.23. The number of imide groups is 1. The number of hydrogen-bond donors (Lipinski definition) is 2. The first kappa shape index (κ1) is 20.5. The molecule has 0 radical (unpaired) electrons. The monoisotopic (exact) mass is 350 g/mol. The van der Waals surface area contributed by atoms with Crippen LogP contribution in [-0.2, 0) is 14.3 Å². The molecule has 0 fully saturated rings. The van der Waals surface area contributed by atoms with Crippen LogP contribution in [0.4, 0.5) is 4.79 Å². The number of urea groups is 1. The molecule has 0 saturated carbocycles. The molecule has 1 aromatic carbocycles. The molecule has 0 saturated heterocycles. The Labute approximate surface area is 148 Å². The van der Waals surface area contributed by atoms with Gasteiger partial charge >= 0.3 is 12.0 Å². The van der Waals surface area contributed by atoms with Gasteiger partial charge in [0.25, 0.3) is 5.91 Å². The molecule has 1 aromatic rings. The molecule has 7 nitrogen and oxygen atoms in total. The number of carbonyl (C=O) groups is 3. The number of nitrogens with one attached hydrogen (secondary N) is 2. The van der Waals surface area contributed by atoms with Crippen molar-refractivity contribution in [1.82, 2.24) is 10.6 Å². The zero-order valence-corrected chi connectivity index (χ0v) is 15.2. The Morgan fingerprint density at radius 1 is 1.16 bits per heavy atom. The Morgan fingerprint density at radius 2 is 1.88 bits per heavy atom. The molecule has 1 rings (SSSR count). The minimum atomic E-state index is -0.695. The van der Waals surface area contributed by atoms with Gasteiger partial charge in [-0.2, -0.15) is 0 Å². The van der Waals surface area contributed by atoms with Crippen molar-refractivity contribution < 1.29 is 23.9 Å². The molecule has 0 aromatic heterocycles. The minimum absolute atomic E-state index is 0.310. The van der Waals surface area contributed by atoms with Gasteiger partial charge in [0.2, 0.25) is 0 Å². The Hall–Kier alpha value is -2.57. The molecule has 2 N–H and O–H groups in total. The highest BCUT2D eigenvalue weighted by Gasteiger charge is 2.11. The van der Waals surface area contributed by atoms with Gasteiger partial charge in [0, 0.05) is 6.54 Å². The molecule has 0 bridgehead atoms. The lowest BCUT2D eigenvalue weighted by Gasteiger charge is -2.12. The van der Waals surface area contributed by atoms with Crippen molar-refractivity contribution in [2.24, 2.45) is 0 Å². The number of aryl methyl sites for hydroxylation is 1. The van der Waals surface area contributed by atoms with Crippen LogP contribution in [0.25, 0.3) is 0 Å². The quantitative estimate of drug-likeness (QED) is 0.702. The third kappa shape index (κ3) is 7.69. The van der Waals surface area contributed by atoms with E-state index in [1.807, 2.05) is 26.0 Å². The van der Waals surface area contributed by atoms with Crippen molar-refractivity contribution in [3.05, 3.63) is 29.3 Å².